The van der Waals surface area contributed by atoms with Gasteiger partial charge in [-0.1, -0.05) is 54.6 Å². The minimum Gasteiger partial charge on any atom is -0.497 e. The maximum Gasteiger partial charge on any atom is 0.254 e. The van der Waals surface area contributed by atoms with Crippen molar-refractivity contribution >= 4 is 5.91 Å². The molecule has 0 spiro atoms. The van der Waals surface area contributed by atoms with E-state index in [2.05, 4.69) is 4.98 Å². The molecule has 4 aromatic rings. The molecule has 0 saturated heterocycles. The minimum absolute atomic E-state index is 0.0424. The molecule has 0 unspecified atom stereocenters. The maximum atomic E-state index is 13.4. The summed E-state index contributed by atoms with van der Waals surface area (Å²) in [5.41, 5.74) is 3.71. The van der Waals surface area contributed by atoms with Gasteiger partial charge in [0.1, 0.15) is 18.1 Å². The Morgan fingerprint density at radius 2 is 1.62 bits per heavy atom. The molecule has 0 atom stereocenters. The molecule has 0 N–H and O–H groups in total. The van der Waals surface area contributed by atoms with Crippen LogP contribution in [0, 0.1) is 0 Å². The quantitative estimate of drug-likeness (QED) is 0.316. The van der Waals surface area contributed by atoms with Crippen LogP contribution in [-0.2, 0) is 19.6 Å². The van der Waals surface area contributed by atoms with Gasteiger partial charge in [0.2, 0.25) is 0 Å². The third-order valence-corrected chi connectivity index (χ3v) is 5.51. The van der Waals surface area contributed by atoms with E-state index in [4.69, 9.17) is 9.47 Å². The third kappa shape index (κ3) is 6.45. The molecule has 0 aliphatic heterocycles. The van der Waals surface area contributed by atoms with E-state index in [0.717, 1.165) is 22.6 Å². The number of carbonyl (C=O) groups is 1. The lowest BCUT2D eigenvalue weighted by Crippen LogP contribution is -2.32. The zero-order chi connectivity index (χ0) is 23.6. The molecule has 0 fully saturated rings. The van der Waals surface area contributed by atoms with Crippen molar-refractivity contribution in [3.8, 4) is 11.5 Å². The Morgan fingerprint density at radius 3 is 2.35 bits per heavy atom. The van der Waals surface area contributed by atoms with Crippen molar-refractivity contribution in [1.82, 2.24) is 9.88 Å². The number of methoxy groups -OCH3 is 1. The third-order valence-electron chi connectivity index (χ3n) is 5.51. The first-order chi connectivity index (χ1) is 16.7. The molecule has 4 rings (SSSR count). The molecular formula is C29H28N2O3. The van der Waals surface area contributed by atoms with Gasteiger partial charge >= 0.3 is 0 Å². The van der Waals surface area contributed by atoms with E-state index >= 15 is 0 Å². The van der Waals surface area contributed by atoms with Crippen LogP contribution in [0.15, 0.2) is 103 Å². The second-order valence-electron chi connectivity index (χ2n) is 7.95. The van der Waals surface area contributed by atoms with Crippen LogP contribution in [0.2, 0.25) is 0 Å². The highest BCUT2D eigenvalue weighted by molar-refractivity contribution is 5.94. The first kappa shape index (κ1) is 23.1. The van der Waals surface area contributed by atoms with Gasteiger partial charge in [0.15, 0.2) is 0 Å². The second kappa shape index (κ2) is 11.7. The minimum atomic E-state index is -0.0424. The summed E-state index contributed by atoms with van der Waals surface area (Å²) in [5.74, 6) is 1.42. The summed E-state index contributed by atoms with van der Waals surface area (Å²) in [5, 5.41) is 0. The van der Waals surface area contributed by atoms with Gasteiger partial charge in [-0.2, -0.15) is 0 Å². The van der Waals surface area contributed by atoms with Crippen molar-refractivity contribution in [2.75, 3.05) is 13.7 Å². The lowest BCUT2D eigenvalue weighted by atomic mass is 10.1. The van der Waals surface area contributed by atoms with Crippen molar-refractivity contribution in [1.29, 1.82) is 0 Å². The van der Waals surface area contributed by atoms with Crippen LogP contribution in [0.3, 0.4) is 0 Å². The monoisotopic (exact) mass is 452 g/mol. The lowest BCUT2D eigenvalue weighted by Gasteiger charge is -2.23. The number of rotatable bonds is 10. The summed E-state index contributed by atoms with van der Waals surface area (Å²) in [6.07, 6.45) is 2.45. The maximum absolute atomic E-state index is 13.4. The van der Waals surface area contributed by atoms with Gasteiger partial charge in [0.25, 0.3) is 5.91 Å². The fourth-order valence-electron chi connectivity index (χ4n) is 3.64. The van der Waals surface area contributed by atoms with Gasteiger partial charge in [0.05, 0.1) is 7.11 Å². The number of hydrogen-bond donors (Lipinski definition) is 0. The topological polar surface area (TPSA) is 51.7 Å². The van der Waals surface area contributed by atoms with Crippen LogP contribution in [-0.4, -0.2) is 29.4 Å². The average Bonchev–Trinajstić information content (AvgIpc) is 2.91. The molecule has 0 bridgehead atoms. The number of amides is 1. The van der Waals surface area contributed by atoms with E-state index in [9.17, 15) is 4.79 Å². The molecule has 172 valence electrons. The Balaban J connectivity index is 1.46. The van der Waals surface area contributed by atoms with E-state index in [-0.39, 0.29) is 5.91 Å². The Hall–Kier alpha value is -4.12. The van der Waals surface area contributed by atoms with Gasteiger partial charge in [-0.25, -0.2) is 0 Å². The SMILES string of the molecule is COc1cccc(C(=O)N(CCc2ccccn2)Cc2ccc(OCc3ccccc3)cc2)c1. The number of benzene rings is 3. The fourth-order valence-corrected chi connectivity index (χ4v) is 3.64. The van der Waals surface area contributed by atoms with Crippen molar-refractivity contribution < 1.29 is 14.3 Å². The normalized spacial score (nSPS) is 10.5. The molecule has 3 aromatic carbocycles. The molecular weight excluding hydrogens is 424 g/mol. The Kier molecular flexibility index (Phi) is 7.90. The van der Waals surface area contributed by atoms with Crippen molar-refractivity contribution in [2.24, 2.45) is 0 Å². The highest BCUT2D eigenvalue weighted by Crippen LogP contribution is 2.19. The van der Waals surface area contributed by atoms with Gasteiger partial charge < -0.3 is 14.4 Å². The van der Waals surface area contributed by atoms with Crippen molar-refractivity contribution in [2.45, 2.75) is 19.6 Å². The molecule has 0 aliphatic carbocycles. The largest absolute Gasteiger partial charge is 0.497 e. The molecule has 0 saturated carbocycles. The smallest absolute Gasteiger partial charge is 0.254 e. The van der Waals surface area contributed by atoms with E-state index in [0.29, 0.717) is 37.4 Å². The number of carbonyl (C=O) groups excluding carboxylic acids is 1. The van der Waals surface area contributed by atoms with Gasteiger partial charge in [-0.05, 0) is 53.6 Å². The van der Waals surface area contributed by atoms with Crippen LogP contribution < -0.4 is 9.47 Å². The Morgan fingerprint density at radius 1 is 0.824 bits per heavy atom. The standard InChI is InChI=1S/C29H28N2O3/c1-33-28-12-7-10-25(20-28)29(32)31(19-17-26-11-5-6-18-30-26)21-23-13-15-27(16-14-23)34-22-24-8-3-2-4-9-24/h2-16,18,20H,17,19,21-22H2,1H3. The van der Waals surface area contributed by atoms with Gasteiger partial charge in [-0.3, -0.25) is 9.78 Å². The predicted octanol–water partition coefficient (Wildman–Crippen LogP) is 5.55. The highest BCUT2D eigenvalue weighted by atomic mass is 16.5. The van der Waals surface area contributed by atoms with E-state index in [1.54, 1.807) is 19.4 Å². The summed E-state index contributed by atoms with van der Waals surface area (Å²) in [7, 11) is 1.60. The van der Waals surface area contributed by atoms with Gasteiger partial charge in [-0.15, -0.1) is 0 Å². The number of pyridine rings is 1. The van der Waals surface area contributed by atoms with E-state index in [1.807, 2.05) is 95.9 Å². The Labute approximate surface area is 200 Å². The van der Waals surface area contributed by atoms with E-state index in [1.165, 1.54) is 0 Å². The molecule has 1 amide bonds. The number of hydrogen-bond acceptors (Lipinski definition) is 4. The highest BCUT2D eigenvalue weighted by Gasteiger charge is 2.17. The van der Waals surface area contributed by atoms with E-state index < -0.39 is 0 Å². The van der Waals surface area contributed by atoms with Crippen LogP contribution >= 0.6 is 0 Å². The lowest BCUT2D eigenvalue weighted by molar-refractivity contribution is 0.0744. The summed E-state index contributed by atoms with van der Waals surface area (Å²) in [6.45, 7) is 1.56. The summed E-state index contributed by atoms with van der Waals surface area (Å²) < 4.78 is 11.2. The van der Waals surface area contributed by atoms with Crippen LogP contribution in [0.25, 0.3) is 0 Å². The molecule has 5 heteroatoms. The summed E-state index contributed by atoms with van der Waals surface area (Å²) in [4.78, 5) is 19.6. The van der Waals surface area contributed by atoms with Crippen molar-refractivity contribution in [3.05, 3.63) is 126 Å². The van der Waals surface area contributed by atoms with Crippen molar-refractivity contribution in [3.63, 3.8) is 0 Å². The second-order valence-corrected chi connectivity index (χ2v) is 7.95. The first-order valence-electron chi connectivity index (χ1n) is 11.3. The fraction of sp³-hybridized carbons (Fsp3) is 0.172. The molecule has 5 nitrogen and oxygen atoms in total. The summed E-state index contributed by atoms with van der Waals surface area (Å²) in [6, 6.07) is 31.1. The number of nitrogens with zero attached hydrogens (tertiary/aromatic N) is 2. The molecule has 0 radical (unpaired) electrons. The summed E-state index contributed by atoms with van der Waals surface area (Å²) >= 11 is 0. The predicted molar refractivity (Wildman–Crippen MR) is 133 cm³/mol. The van der Waals surface area contributed by atoms with Crippen LogP contribution in [0.1, 0.15) is 27.2 Å². The zero-order valence-electron chi connectivity index (χ0n) is 19.3. The molecule has 0 aliphatic rings. The molecule has 34 heavy (non-hydrogen) atoms. The number of ether oxygens (including phenoxy) is 2. The Bertz CT molecular complexity index is 1180. The molecule has 1 heterocycles. The first-order valence-corrected chi connectivity index (χ1v) is 11.3. The number of aromatic nitrogens is 1. The van der Waals surface area contributed by atoms with Gasteiger partial charge in [0, 0.05) is 37.0 Å². The molecule has 1 aromatic heterocycles. The van der Waals surface area contributed by atoms with Crippen LogP contribution in [0.4, 0.5) is 0 Å². The average molecular weight is 453 g/mol. The zero-order valence-corrected chi connectivity index (χ0v) is 19.3. The van der Waals surface area contributed by atoms with Crippen LogP contribution in [0.5, 0.6) is 11.5 Å².